The molecule has 0 aromatic carbocycles. The van der Waals surface area contributed by atoms with Crippen LogP contribution in [0.4, 0.5) is 0 Å². The number of hydrogen-bond donors (Lipinski definition) is 0. The van der Waals surface area contributed by atoms with Gasteiger partial charge in [-0.15, -0.1) is 5.10 Å². The summed E-state index contributed by atoms with van der Waals surface area (Å²) in [7, 11) is 1.60. The Kier molecular flexibility index (Phi) is 3.07. The van der Waals surface area contributed by atoms with E-state index in [9.17, 15) is 0 Å². The normalized spacial score (nSPS) is 11.8. The molecule has 0 aliphatic rings. The van der Waals surface area contributed by atoms with Crippen LogP contribution in [-0.2, 0) is 5.54 Å². The van der Waals surface area contributed by atoms with Crippen molar-refractivity contribution in [3.05, 3.63) is 9.08 Å². The Hall–Kier alpha value is -0.0300. The highest BCUT2D eigenvalue weighted by atomic mass is 79.9. The van der Waals surface area contributed by atoms with E-state index < -0.39 is 0 Å². The highest BCUT2D eigenvalue weighted by molar-refractivity contribution is 9.13. The van der Waals surface area contributed by atoms with E-state index in [1.54, 1.807) is 7.11 Å². The zero-order chi connectivity index (χ0) is 10.2. The fourth-order valence-electron chi connectivity index (χ4n) is 0.935. The molecule has 1 aromatic rings. The number of hydrogen-bond acceptors (Lipinski definition) is 2. The molecule has 0 N–H and O–H groups in total. The topological polar surface area (TPSA) is 27.1 Å². The summed E-state index contributed by atoms with van der Waals surface area (Å²) in [5.74, 6) is 0.599. The van der Waals surface area contributed by atoms with Crippen molar-refractivity contribution in [2.24, 2.45) is 0 Å². The van der Waals surface area contributed by atoms with Gasteiger partial charge < -0.3 is 4.74 Å². The molecule has 0 saturated carbocycles. The maximum absolute atomic E-state index is 5.09. The van der Waals surface area contributed by atoms with Gasteiger partial charge in [0.1, 0.15) is 9.08 Å². The molecule has 1 rings (SSSR count). The largest absolute Gasteiger partial charge is 0.479 e. The van der Waals surface area contributed by atoms with E-state index in [-0.39, 0.29) is 5.54 Å². The predicted octanol–water partition coefficient (Wildman–Crippen LogP) is 3.17. The van der Waals surface area contributed by atoms with Crippen LogP contribution in [0.15, 0.2) is 9.08 Å². The van der Waals surface area contributed by atoms with Gasteiger partial charge in [0.05, 0.1) is 12.6 Å². The van der Waals surface area contributed by atoms with Crippen LogP contribution >= 0.6 is 31.9 Å². The van der Waals surface area contributed by atoms with Crippen molar-refractivity contribution >= 4 is 31.9 Å². The fourth-order valence-corrected chi connectivity index (χ4v) is 2.12. The maximum atomic E-state index is 5.09. The Morgan fingerprint density at radius 2 is 1.85 bits per heavy atom. The van der Waals surface area contributed by atoms with Crippen LogP contribution in [0.3, 0.4) is 0 Å². The summed E-state index contributed by atoms with van der Waals surface area (Å²) < 4.78 is 8.72. The minimum Gasteiger partial charge on any atom is -0.479 e. The molecule has 1 heterocycles. The van der Waals surface area contributed by atoms with E-state index in [0.29, 0.717) is 5.88 Å². The van der Waals surface area contributed by atoms with Crippen molar-refractivity contribution in [3.8, 4) is 5.88 Å². The standard InChI is InChI=1S/C8H12Br2N2O/c1-8(2,3)12-6(10)5(9)7(11-12)13-4/h1-4H3. The van der Waals surface area contributed by atoms with Gasteiger partial charge in [-0.2, -0.15) is 0 Å². The van der Waals surface area contributed by atoms with Crippen molar-refractivity contribution in [2.45, 2.75) is 26.3 Å². The molecule has 5 heteroatoms. The van der Waals surface area contributed by atoms with E-state index in [0.717, 1.165) is 9.08 Å². The van der Waals surface area contributed by atoms with Crippen LogP contribution in [0.2, 0.25) is 0 Å². The number of ether oxygens (including phenoxy) is 1. The first-order valence-electron chi connectivity index (χ1n) is 3.86. The third-order valence-electron chi connectivity index (χ3n) is 1.57. The molecular formula is C8H12Br2N2O. The lowest BCUT2D eigenvalue weighted by atomic mass is 10.1. The van der Waals surface area contributed by atoms with Crippen LogP contribution in [-0.4, -0.2) is 16.9 Å². The van der Waals surface area contributed by atoms with Crippen molar-refractivity contribution in [1.82, 2.24) is 9.78 Å². The fraction of sp³-hybridized carbons (Fsp3) is 0.625. The molecule has 0 aliphatic heterocycles. The smallest absolute Gasteiger partial charge is 0.248 e. The first-order chi connectivity index (χ1) is 5.88. The van der Waals surface area contributed by atoms with Gasteiger partial charge in [0, 0.05) is 0 Å². The lowest BCUT2D eigenvalue weighted by Crippen LogP contribution is -2.23. The number of methoxy groups -OCH3 is 1. The van der Waals surface area contributed by atoms with Crippen LogP contribution in [0.5, 0.6) is 5.88 Å². The first kappa shape index (κ1) is 11.0. The second-order valence-electron chi connectivity index (χ2n) is 3.70. The summed E-state index contributed by atoms with van der Waals surface area (Å²) >= 11 is 6.85. The Morgan fingerprint density at radius 1 is 1.31 bits per heavy atom. The van der Waals surface area contributed by atoms with Crippen LogP contribution < -0.4 is 4.74 Å². The molecule has 0 bridgehead atoms. The average Bonchev–Trinajstić information content (AvgIpc) is 2.28. The summed E-state index contributed by atoms with van der Waals surface area (Å²) in [6.45, 7) is 6.24. The number of rotatable bonds is 1. The van der Waals surface area contributed by atoms with Crippen LogP contribution in [0.1, 0.15) is 20.8 Å². The van der Waals surface area contributed by atoms with E-state index in [4.69, 9.17) is 4.74 Å². The molecule has 3 nitrogen and oxygen atoms in total. The van der Waals surface area contributed by atoms with Gasteiger partial charge >= 0.3 is 0 Å². The van der Waals surface area contributed by atoms with E-state index >= 15 is 0 Å². The Labute approximate surface area is 94.7 Å². The van der Waals surface area contributed by atoms with Crippen molar-refractivity contribution in [2.75, 3.05) is 7.11 Å². The zero-order valence-electron chi connectivity index (χ0n) is 8.06. The highest BCUT2D eigenvalue weighted by Gasteiger charge is 2.22. The lowest BCUT2D eigenvalue weighted by molar-refractivity contribution is 0.325. The summed E-state index contributed by atoms with van der Waals surface area (Å²) in [6.07, 6.45) is 0. The van der Waals surface area contributed by atoms with E-state index in [1.165, 1.54) is 0 Å². The number of nitrogens with zero attached hydrogens (tertiary/aromatic N) is 2. The van der Waals surface area contributed by atoms with Gasteiger partial charge in [0.2, 0.25) is 5.88 Å². The first-order valence-corrected chi connectivity index (χ1v) is 5.45. The molecule has 74 valence electrons. The Bertz CT molecular complexity index is 315. The van der Waals surface area contributed by atoms with Gasteiger partial charge in [-0.25, -0.2) is 4.68 Å². The van der Waals surface area contributed by atoms with Gasteiger partial charge in [-0.3, -0.25) is 0 Å². The summed E-state index contributed by atoms with van der Waals surface area (Å²) in [6, 6.07) is 0. The van der Waals surface area contributed by atoms with E-state index in [2.05, 4.69) is 57.7 Å². The van der Waals surface area contributed by atoms with Crippen molar-refractivity contribution in [1.29, 1.82) is 0 Å². The van der Waals surface area contributed by atoms with Crippen LogP contribution in [0.25, 0.3) is 0 Å². The molecule has 0 aliphatic carbocycles. The Morgan fingerprint density at radius 3 is 2.08 bits per heavy atom. The molecule has 0 fully saturated rings. The van der Waals surface area contributed by atoms with Gasteiger partial charge in [0.15, 0.2) is 0 Å². The zero-order valence-corrected chi connectivity index (χ0v) is 11.2. The van der Waals surface area contributed by atoms with Gasteiger partial charge in [-0.05, 0) is 52.6 Å². The quantitative estimate of drug-likeness (QED) is 0.796. The molecule has 1 aromatic heterocycles. The summed E-state index contributed by atoms with van der Waals surface area (Å²) in [5.41, 5.74) is -0.0574. The third-order valence-corrected chi connectivity index (χ3v) is 3.55. The van der Waals surface area contributed by atoms with Gasteiger partial charge in [0.25, 0.3) is 0 Å². The summed E-state index contributed by atoms with van der Waals surface area (Å²) in [5, 5.41) is 4.30. The minimum absolute atomic E-state index is 0.0574. The van der Waals surface area contributed by atoms with Crippen LogP contribution in [0, 0.1) is 0 Å². The minimum atomic E-state index is -0.0574. The van der Waals surface area contributed by atoms with Gasteiger partial charge in [-0.1, -0.05) is 0 Å². The monoisotopic (exact) mass is 310 g/mol. The SMILES string of the molecule is COc1nn(C(C)(C)C)c(Br)c1Br. The number of halogens is 2. The molecule has 13 heavy (non-hydrogen) atoms. The second-order valence-corrected chi connectivity index (χ2v) is 5.24. The number of aromatic nitrogens is 2. The predicted molar refractivity (Wildman–Crippen MR) is 59.2 cm³/mol. The van der Waals surface area contributed by atoms with Crippen molar-refractivity contribution < 1.29 is 4.74 Å². The second kappa shape index (κ2) is 3.61. The summed E-state index contributed by atoms with van der Waals surface area (Å²) in [4.78, 5) is 0. The third kappa shape index (κ3) is 2.07. The highest BCUT2D eigenvalue weighted by Crippen LogP contribution is 2.34. The Balaban J connectivity index is 3.25. The molecular weight excluding hydrogens is 300 g/mol. The average molecular weight is 312 g/mol. The molecule has 0 atom stereocenters. The molecule has 0 spiro atoms. The van der Waals surface area contributed by atoms with Crippen molar-refractivity contribution in [3.63, 3.8) is 0 Å². The molecule has 0 amide bonds. The molecule has 0 saturated heterocycles. The lowest BCUT2D eigenvalue weighted by Gasteiger charge is -2.19. The maximum Gasteiger partial charge on any atom is 0.248 e. The van der Waals surface area contributed by atoms with E-state index in [1.807, 2.05) is 4.68 Å². The molecule has 0 unspecified atom stereocenters. The molecule has 0 radical (unpaired) electrons.